The van der Waals surface area contributed by atoms with Crippen LogP contribution in [0.4, 0.5) is 10.9 Å². The first-order valence-electron chi connectivity index (χ1n) is 8.64. The predicted octanol–water partition coefficient (Wildman–Crippen LogP) is 3.18. The smallest absolute Gasteiger partial charge is 0.253 e. The molecule has 3 heterocycles. The van der Waals surface area contributed by atoms with Gasteiger partial charge in [0.05, 0.1) is 10.2 Å². The van der Waals surface area contributed by atoms with Crippen LogP contribution in [0.15, 0.2) is 24.3 Å². The van der Waals surface area contributed by atoms with Crippen LogP contribution in [0, 0.1) is 6.92 Å². The SMILES string of the molecule is Cc1nc(Cl)cc(Nc2nc3ccc(C(=O)N4CCN(C)CC4)cc3s2)n1. The summed E-state index contributed by atoms with van der Waals surface area (Å²) in [5, 5.41) is 4.24. The van der Waals surface area contributed by atoms with Gasteiger partial charge in [-0.1, -0.05) is 22.9 Å². The van der Waals surface area contributed by atoms with Gasteiger partial charge >= 0.3 is 0 Å². The number of carbonyl (C=O) groups is 1. The highest BCUT2D eigenvalue weighted by atomic mass is 35.5. The average Bonchev–Trinajstić information content (AvgIpc) is 3.02. The summed E-state index contributed by atoms with van der Waals surface area (Å²) in [7, 11) is 2.08. The molecule has 3 aromatic rings. The molecule has 1 aliphatic heterocycles. The number of benzene rings is 1. The largest absolute Gasteiger partial charge is 0.336 e. The summed E-state index contributed by atoms with van der Waals surface area (Å²) in [6, 6.07) is 7.30. The number of piperazine rings is 1. The van der Waals surface area contributed by atoms with E-state index in [1.54, 1.807) is 13.0 Å². The fourth-order valence-corrected chi connectivity index (χ4v) is 4.15. The van der Waals surface area contributed by atoms with E-state index in [1.807, 2.05) is 23.1 Å². The Morgan fingerprint density at radius 3 is 2.67 bits per heavy atom. The molecule has 0 radical (unpaired) electrons. The quantitative estimate of drug-likeness (QED) is 0.678. The standard InChI is InChI=1S/C18H19ClN6OS/c1-11-20-15(19)10-16(21-11)23-18-22-13-4-3-12(9-14(13)27-18)17(26)25-7-5-24(2)6-8-25/h3-4,9-10H,5-8H2,1-2H3,(H,20,21,22,23). The van der Waals surface area contributed by atoms with Crippen molar-refractivity contribution in [2.75, 3.05) is 38.5 Å². The number of aryl methyl sites for hydroxylation is 1. The normalized spacial score (nSPS) is 15.3. The molecule has 1 aromatic carbocycles. The van der Waals surface area contributed by atoms with Crippen LogP contribution in [-0.2, 0) is 0 Å². The van der Waals surface area contributed by atoms with E-state index in [0.29, 0.717) is 27.5 Å². The van der Waals surface area contributed by atoms with Crippen molar-refractivity contribution in [1.82, 2.24) is 24.8 Å². The van der Waals surface area contributed by atoms with Crippen LogP contribution in [-0.4, -0.2) is 63.9 Å². The minimum atomic E-state index is 0.0751. The van der Waals surface area contributed by atoms with E-state index < -0.39 is 0 Å². The van der Waals surface area contributed by atoms with Crippen LogP contribution < -0.4 is 5.32 Å². The lowest BCUT2D eigenvalue weighted by Gasteiger charge is -2.32. The minimum Gasteiger partial charge on any atom is -0.336 e. The summed E-state index contributed by atoms with van der Waals surface area (Å²) in [6.07, 6.45) is 0. The highest BCUT2D eigenvalue weighted by Gasteiger charge is 2.21. The first-order valence-corrected chi connectivity index (χ1v) is 9.84. The van der Waals surface area contributed by atoms with Gasteiger partial charge in [-0.3, -0.25) is 4.79 Å². The monoisotopic (exact) mass is 402 g/mol. The molecule has 0 spiro atoms. The Morgan fingerprint density at radius 2 is 1.93 bits per heavy atom. The lowest BCUT2D eigenvalue weighted by atomic mass is 10.1. The number of nitrogens with one attached hydrogen (secondary N) is 1. The second-order valence-electron chi connectivity index (χ2n) is 6.55. The van der Waals surface area contributed by atoms with Gasteiger partial charge in [-0.05, 0) is 32.2 Å². The van der Waals surface area contributed by atoms with Crippen LogP contribution in [0.25, 0.3) is 10.2 Å². The number of rotatable bonds is 3. The van der Waals surface area contributed by atoms with Crippen molar-refractivity contribution < 1.29 is 4.79 Å². The number of halogens is 1. The first kappa shape index (κ1) is 18.1. The van der Waals surface area contributed by atoms with Crippen molar-refractivity contribution >= 4 is 50.0 Å². The number of aromatic nitrogens is 3. The number of amides is 1. The summed E-state index contributed by atoms with van der Waals surface area (Å²) in [6.45, 7) is 5.12. The van der Waals surface area contributed by atoms with E-state index in [2.05, 4.69) is 32.2 Å². The van der Waals surface area contributed by atoms with Crippen molar-refractivity contribution in [1.29, 1.82) is 0 Å². The minimum absolute atomic E-state index is 0.0751. The maximum Gasteiger partial charge on any atom is 0.253 e. The van der Waals surface area contributed by atoms with Crippen molar-refractivity contribution in [3.8, 4) is 0 Å². The van der Waals surface area contributed by atoms with Gasteiger partial charge in [0.15, 0.2) is 5.13 Å². The number of hydrogen-bond acceptors (Lipinski definition) is 7. The molecule has 4 rings (SSSR count). The Kier molecular flexibility index (Phi) is 4.94. The molecule has 0 saturated carbocycles. The number of thiazole rings is 1. The summed E-state index contributed by atoms with van der Waals surface area (Å²) in [4.78, 5) is 29.8. The fourth-order valence-electron chi connectivity index (χ4n) is 3.01. The molecule has 2 aromatic heterocycles. The lowest BCUT2D eigenvalue weighted by molar-refractivity contribution is 0.0664. The van der Waals surface area contributed by atoms with Gasteiger partial charge < -0.3 is 15.1 Å². The Balaban J connectivity index is 1.55. The molecular formula is C18H19ClN6OS. The Bertz CT molecular complexity index is 978. The number of likely N-dealkylation sites (N-methyl/N-ethyl adjacent to an activating group) is 1. The molecule has 27 heavy (non-hydrogen) atoms. The maximum atomic E-state index is 12.8. The van der Waals surface area contributed by atoms with Gasteiger partial charge in [-0.2, -0.15) is 0 Å². The lowest BCUT2D eigenvalue weighted by Crippen LogP contribution is -2.47. The van der Waals surface area contributed by atoms with Crippen LogP contribution in [0.1, 0.15) is 16.2 Å². The van der Waals surface area contributed by atoms with E-state index in [9.17, 15) is 4.79 Å². The van der Waals surface area contributed by atoms with Gasteiger partial charge in [0.1, 0.15) is 16.8 Å². The molecule has 0 bridgehead atoms. The Hall–Kier alpha value is -2.29. The summed E-state index contributed by atoms with van der Waals surface area (Å²) >= 11 is 7.46. The number of hydrogen-bond donors (Lipinski definition) is 1. The van der Waals surface area contributed by atoms with E-state index >= 15 is 0 Å². The number of fused-ring (bicyclic) bond motifs is 1. The van der Waals surface area contributed by atoms with E-state index in [-0.39, 0.29) is 5.91 Å². The third-order valence-corrected chi connectivity index (χ3v) is 5.59. The molecule has 1 fully saturated rings. The molecule has 0 aliphatic carbocycles. The molecular weight excluding hydrogens is 384 g/mol. The van der Waals surface area contributed by atoms with Gasteiger partial charge in [-0.25, -0.2) is 15.0 Å². The molecule has 1 amide bonds. The summed E-state index contributed by atoms with van der Waals surface area (Å²) < 4.78 is 0.953. The van der Waals surface area contributed by atoms with Crippen molar-refractivity contribution in [3.63, 3.8) is 0 Å². The van der Waals surface area contributed by atoms with Crippen LogP contribution in [0.2, 0.25) is 5.15 Å². The zero-order valence-corrected chi connectivity index (χ0v) is 16.6. The topological polar surface area (TPSA) is 74.2 Å². The van der Waals surface area contributed by atoms with Gasteiger partial charge in [-0.15, -0.1) is 0 Å². The molecule has 1 N–H and O–H groups in total. The third kappa shape index (κ3) is 4.02. The van der Waals surface area contributed by atoms with E-state index in [0.717, 1.165) is 36.4 Å². The molecule has 1 aliphatic rings. The second kappa shape index (κ2) is 7.38. The second-order valence-corrected chi connectivity index (χ2v) is 7.96. The predicted molar refractivity (Wildman–Crippen MR) is 108 cm³/mol. The third-order valence-electron chi connectivity index (χ3n) is 4.47. The van der Waals surface area contributed by atoms with Gasteiger partial charge in [0.2, 0.25) is 0 Å². The highest BCUT2D eigenvalue weighted by Crippen LogP contribution is 2.29. The first-order chi connectivity index (χ1) is 13.0. The fraction of sp³-hybridized carbons (Fsp3) is 0.333. The van der Waals surface area contributed by atoms with Crippen molar-refractivity contribution in [2.45, 2.75) is 6.92 Å². The zero-order valence-electron chi connectivity index (χ0n) is 15.1. The molecule has 1 saturated heterocycles. The van der Waals surface area contributed by atoms with E-state index in [4.69, 9.17) is 11.6 Å². The van der Waals surface area contributed by atoms with Crippen molar-refractivity contribution in [3.05, 3.63) is 40.8 Å². The number of carbonyl (C=O) groups excluding carboxylic acids is 1. The van der Waals surface area contributed by atoms with Gasteiger partial charge in [0, 0.05) is 37.8 Å². The van der Waals surface area contributed by atoms with Crippen molar-refractivity contribution in [2.24, 2.45) is 0 Å². The van der Waals surface area contributed by atoms with Crippen LogP contribution in [0.5, 0.6) is 0 Å². The zero-order chi connectivity index (χ0) is 19.0. The highest BCUT2D eigenvalue weighted by molar-refractivity contribution is 7.22. The van der Waals surface area contributed by atoms with Crippen LogP contribution in [0.3, 0.4) is 0 Å². The maximum absolute atomic E-state index is 12.8. The Labute approximate surface area is 166 Å². The molecule has 0 unspecified atom stereocenters. The summed E-state index contributed by atoms with van der Waals surface area (Å²) in [5.41, 5.74) is 1.54. The number of anilines is 2. The number of nitrogens with zero attached hydrogens (tertiary/aromatic N) is 5. The molecule has 7 nitrogen and oxygen atoms in total. The molecule has 0 atom stereocenters. The molecule has 140 valence electrons. The summed E-state index contributed by atoms with van der Waals surface area (Å²) in [5.74, 6) is 1.26. The van der Waals surface area contributed by atoms with Crippen LogP contribution >= 0.6 is 22.9 Å². The van der Waals surface area contributed by atoms with Gasteiger partial charge in [0.25, 0.3) is 5.91 Å². The Morgan fingerprint density at radius 1 is 1.15 bits per heavy atom. The average molecular weight is 403 g/mol. The molecule has 9 heteroatoms. The van der Waals surface area contributed by atoms with E-state index in [1.165, 1.54) is 11.3 Å².